The van der Waals surface area contributed by atoms with Gasteiger partial charge in [-0.05, 0) is 12.5 Å². The molecule has 1 aliphatic heterocycles. The first kappa shape index (κ1) is 8.27. The van der Waals surface area contributed by atoms with E-state index in [1.54, 1.807) is 11.9 Å². The summed E-state index contributed by atoms with van der Waals surface area (Å²) in [6.07, 6.45) is 2.27. The first-order valence-corrected chi connectivity index (χ1v) is 3.72. The molecular weight excluding hydrogens is 142 g/mol. The van der Waals surface area contributed by atoms with Gasteiger partial charge < -0.3 is 9.64 Å². The summed E-state index contributed by atoms with van der Waals surface area (Å²) in [6.45, 7) is 4.85. The van der Waals surface area contributed by atoms with Crippen molar-refractivity contribution in [1.29, 1.82) is 0 Å². The number of amides is 1. The quantitative estimate of drug-likeness (QED) is 0.541. The van der Waals surface area contributed by atoms with Crippen molar-refractivity contribution in [1.82, 2.24) is 4.90 Å². The Labute approximate surface area is 66.6 Å². The molecule has 3 nitrogen and oxygen atoms in total. The molecule has 0 bridgehead atoms. The Hall–Kier alpha value is -0.830. The zero-order valence-electron chi connectivity index (χ0n) is 6.75. The molecule has 0 spiro atoms. The molecule has 0 saturated carbocycles. The van der Waals surface area contributed by atoms with Crippen molar-refractivity contribution in [3.63, 3.8) is 0 Å². The molecule has 0 aliphatic carbocycles. The van der Waals surface area contributed by atoms with E-state index in [0.717, 1.165) is 13.0 Å². The maximum absolute atomic E-state index is 11.1. The van der Waals surface area contributed by atoms with Crippen LogP contribution in [0.1, 0.15) is 6.42 Å². The predicted octanol–water partition coefficient (Wildman–Crippen LogP) is 0.420. The number of hydrogen-bond donors (Lipinski definition) is 0. The van der Waals surface area contributed by atoms with Crippen molar-refractivity contribution in [3.05, 3.63) is 12.7 Å². The maximum Gasteiger partial charge on any atom is 0.246 e. The highest BCUT2D eigenvalue weighted by molar-refractivity contribution is 5.87. The Morgan fingerprint density at radius 3 is 3.00 bits per heavy atom. The second kappa shape index (κ2) is 3.53. The highest BCUT2D eigenvalue weighted by atomic mass is 16.5. The summed E-state index contributed by atoms with van der Waals surface area (Å²) in [5.74, 6) is -0.0273. The first-order valence-electron chi connectivity index (χ1n) is 3.72. The van der Waals surface area contributed by atoms with Gasteiger partial charge in [0.15, 0.2) is 0 Å². The Morgan fingerprint density at radius 1 is 1.82 bits per heavy atom. The zero-order chi connectivity index (χ0) is 8.27. The van der Waals surface area contributed by atoms with Crippen LogP contribution in [0.2, 0.25) is 0 Å². The van der Waals surface area contributed by atoms with E-state index in [-0.39, 0.29) is 11.9 Å². The van der Waals surface area contributed by atoms with Gasteiger partial charge in [0, 0.05) is 13.7 Å². The van der Waals surface area contributed by atoms with E-state index in [4.69, 9.17) is 4.74 Å². The monoisotopic (exact) mass is 155 g/mol. The van der Waals surface area contributed by atoms with Crippen molar-refractivity contribution >= 4 is 5.91 Å². The van der Waals surface area contributed by atoms with Crippen molar-refractivity contribution in [2.45, 2.75) is 12.5 Å². The van der Waals surface area contributed by atoms with Gasteiger partial charge in [-0.2, -0.15) is 0 Å². The van der Waals surface area contributed by atoms with Gasteiger partial charge in [-0.3, -0.25) is 4.79 Å². The van der Waals surface area contributed by atoms with Crippen LogP contribution in [0.4, 0.5) is 0 Å². The van der Waals surface area contributed by atoms with Crippen LogP contribution in [0.25, 0.3) is 0 Å². The molecule has 1 atom stereocenters. The van der Waals surface area contributed by atoms with Crippen LogP contribution < -0.4 is 0 Å². The topological polar surface area (TPSA) is 29.5 Å². The molecule has 1 saturated heterocycles. The molecule has 1 heterocycles. The van der Waals surface area contributed by atoms with Crippen molar-refractivity contribution < 1.29 is 9.53 Å². The molecule has 1 aliphatic rings. The van der Waals surface area contributed by atoms with E-state index in [2.05, 4.69) is 6.58 Å². The number of carbonyl (C=O) groups excluding carboxylic acids is 1. The lowest BCUT2D eigenvalue weighted by Gasteiger charge is -2.21. The molecule has 62 valence electrons. The molecule has 1 rings (SSSR count). The van der Waals surface area contributed by atoms with Gasteiger partial charge in [-0.25, -0.2) is 0 Å². The largest absolute Gasteiger partial charge is 0.379 e. The van der Waals surface area contributed by atoms with Crippen LogP contribution in [0.5, 0.6) is 0 Å². The Kier molecular flexibility index (Phi) is 2.65. The van der Waals surface area contributed by atoms with Gasteiger partial charge in [0.25, 0.3) is 0 Å². The molecule has 0 aromatic rings. The number of nitrogens with zero attached hydrogens (tertiary/aromatic N) is 1. The third-order valence-electron chi connectivity index (χ3n) is 1.98. The van der Waals surface area contributed by atoms with Gasteiger partial charge in [0.1, 0.15) is 0 Å². The molecule has 0 radical (unpaired) electrons. The number of rotatable bonds is 2. The van der Waals surface area contributed by atoms with Gasteiger partial charge >= 0.3 is 0 Å². The van der Waals surface area contributed by atoms with Crippen molar-refractivity contribution in [3.8, 4) is 0 Å². The molecule has 1 fully saturated rings. The fraction of sp³-hybridized carbons (Fsp3) is 0.625. The normalized spacial score (nSPS) is 23.2. The lowest BCUT2D eigenvalue weighted by Crippen LogP contribution is -2.36. The molecule has 1 unspecified atom stereocenters. The number of carbonyl (C=O) groups is 1. The molecule has 3 heteroatoms. The SMILES string of the molecule is C=CC(=O)N(C)C1CCOC1. The first-order chi connectivity index (χ1) is 5.25. The molecule has 11 heavy (non-hydrogen) atoms. The predicted molar refractivity (Wildman–Crippen MR) is 42.2 cm³/mol. The van der Waals surface area contributed by atoms with Crippen molar-refractivity contribution in [2.75, 3.05) is 20.3 Å². The lowest BCUT2D eigenvalue weighted by molar-refractivity contribution is -0.126. The lowest BCUT2D eigenvalue weighted by atomic mass is 10.2. The third kappa shape index (κ3) is 1.80. The molecule has 0 aromatic heterocycles. The van der Waals surface area contributed by atoms with E-state index < -0.39 is 0 Å². The minimum absolute atomic E-state index is 0.0273. The second-order valence-electron chi connectivity index (χ2n) is 2.67. The fourth-order valence-corrected chi connectivity index (χ4v) is 1.15. The minimum atomic E-state index is -0.0273. The van der Waals surface area contributed by atoms with Gasteiger partial charge in [0.05, 0.1) is 12.6 Å². The van der Waals surface area contributed by atoms with Crippen LogP contribution in [0.15, 0.2) is 12.7 Å². The average molecular weight is 155 g/mol. The van der Waals surface area contributed by atoms with Crippen LogP contribution in [-0.4, -0.2) is 37.1 Å². The van der Waals surface area contributed by atoms with Crippen LogP contribution in [-0.2, 0) is 9.53 Å². The smallest absolute Gasteiger partial charge is 0.246 e. The zero-order valence-corrected chi connectivity index (χ0v) is 6.75. The van der Waals surface area contributed by atoms with E-state index in [1.165, 1.54) is 6.08 Å². The van der Waals surface area contributed by atoms with Crippen LogP contribution >= 0.6 is 0 Å². The van der Waals surface area contributed by atoms with E-state index in [0.29, 0.717) is 6.61 Å². The van der Waals surface area contributed by atoms with Gasteiger partial charge in [-0.15, -0.1) is 0 Å². The van der Waals surface area contributed by atoms with E-state index in [9.17, 15) is 4.79 Å². The summed E-state index contributed by atoms with van der Waals surface area (Å²) < 4.78 is 5.14. The summed E-state index contributed by atoms with van der Waals surface area (Å²) in [5, 5.41) is 0. The van der Waals surface area contributed by atoms with Crippen LogP contribution in [0.3, 0.4) is 0 Å². The molecular formula is C8H13NO2. The third-order valence-corrected chi connectivity index (χ3v) is 1.98. The Bertz CT molecular complexity index is 161. The molecule has 0 aromatic carbocycles. The highest BCUT2D eigenvalue weighted by Crippen LogP contribution is 2.10. The summed E-state index contributed by atoms with van der Waals surface area (Å²) in [4.78, 5) is 12.7. The highest BCUT2D eigenvalue weighted by Gasteiger charge is 2.22. The minimum Gasteiger partial charge on any atom is -0.379 e. The number of ether oxygens (including phenoxy) is 1. The standard InChI is InChI=1S/C8H13NO2/c1-3-8(10)9(2)7-4-5-11-6-7/h3,7H,1,4-6H2,2H3. The van der Waals surface area contributed by atoms with E-state index >= 15 is 0 Å². The fourth-order valence-electron chi connectivity index (χ4n) is 1.15. The maximum atomic E-state index is 11.1. The second-order valence-corrected chi connectivity index (χ2v) is 2.67. The van der Waals surface area contributed by atoms with Gasteiger partial charge in [-0.1, -0.05) is 6.58 Å². The summed E-state index contributed by atoms with van der Waals surface area (Å²) in [7, 11) is 1.78. The van der Waals surface area contributed by atoms with Gasteiger partial charge in [0.2, 0.25) is 5.91 Å². The van der Waals surface area contributed by atoms with Crippen LogP contribution in [0, 0.1) is 0 Å². The average Bonchev–Trinajstić information content (AvgIpc) is 2.53. The summed E-state index contributed by atoms with van der Waals surface area (Å²) >= 11 is 0. The molecule has 0 N–H and O–H groups in total. The Balaban J connectivity index is 2.45. The molecule has 1 amide bonds. The number of likely N-dealkylation sites (N-methyl/N-ethyl adjacent to an activating group) is 1. The summed E-state index contributed by atoms with van der Waals surface area (Å²) in [5.41, 5.74) is 0. The Morgan fingerprint density at radius 2 is 2.55 bits per heavy atom. The summed E-state index contributed by atoms with van der Waals surface area (Å²) in [6, 6.07) is 0.250. The number of hydrogen-bond acceptors (Lipinski definition) is 2. The van der Waals surface area contributed by atoms with E-state index in [1.807, 2.05) is 0 Å². The van der Waals surface area contributed by atoms with Crippen molar-refractivity contribution in [2.24, 2.45) is 0 Å².